The van der Waals surface area contributed by atoms with Crippen LogP contribution in [0, 0.1) is 0 Å². The number of carbonyl (C=O) groups excluding carboxylic acids is 1. The maximum atomic E-state index is 12.1. The molecule has 6 nitrogen and oxygen atoms in total. The van der Waals surface area contributed by atoms with Crippen molar-refractivity contribution in [1.29, 1.82) is 0 Å². The van der Waals surface area contributed by atoms with E-state index in [1.165, 1.54) is 24.3 Å². The van der Waals surface area contributed by atoms with Crippen LogP contribution in [0.5, 0.6) is 5.75 Å². The fourth-order valence-electron chi connectivity index (χ4n) is 2.25. The lowest BCUT2D eigenvalue weighted by Gasteiger charge is -2.08. The second kappa shape index (κ2) is 9.98. The molecule has 0 aliphatic carbocycles. The number of carbonyl (C=O) groups is 1. The van der Waals surface area contributed by atoms with Crippen LogP contribution in [0.3, 0.4) is 0 Å². The molecule has 0 saturated heterocycles. The molecule has 2 rings (SSSR count). The number of nitrogens with one attached hydrogen (secondary N) is 2. The molecule has 2 aromatic carbocycles. The Bertz CT molecular complexity index is 828. The monoisotopic (exact) mass is 398 g/mol. The van der Waals surface area contributed by atoms with Crippen molar-refractivity contribution in [3.8, 4) is 5.75 Å². The minimum Gasteiger partial charge on any atom is -0.435 e. The summed E-state index contributed by atoms with van der Waals surface area (Å²) in [5, 5.41) is 2.68. The van der Waals surface area contributed by atoms with Gasteiger partial charge in [0.2, 0.25) is 15.9 Å². The third-order valence-electron chi connectivity index (χ3n) is 3.58. The Morgan fingerprint density at radius 3 is 2.30 bits per heavy atom. The smallest absolute Gasteiger partial charge is 0.387 e. The van der Waals surface area contributed by atoms with Gasteiger partial charge in [-0.3, -0.25) is 4.79 Å². The van der Waals surface area contributed by atoms with E-state index in [0.29, 0.717) is 13.0 Å². The van der Waals surface area contributed by atoms with E-state index >= 15 is 0 Å². The molecule has 0 aromatic heterocycles. The highest BCUT2D eigenvalue weighted by atomic mass is 32.2. The van der Waals surface area contributed by atoms with Gasteiger partial charge in [-0.2, -0.15) is 8.78 Å². The number of alkyl halides is 2. The molecule has 0 spiro atoms. The minimum absolute atomic E-state index is 0.00717. The van der Waals surface area contributed by atoms with E-state index < -0.39 is 16.6 Å². The van der Waals surface area contributed by atoms with Crippen molar-refractivity contribution in [2.75, 3.05) is 13.1 Å². The SMILES string of the molecule is O=C(CCNS(=O)(=O)c1ccccc1)NCCc1ccc(OC(F)F)cc1. The van der Waals surface area contributed by atoms with Gasteiger partial charge in [0, 0.05) is 19.5 Å². The highest BCUT2D eigenvalue weighted by molar-refractivity contribution is 7.89. The molecule has 0 aliphatic heterocycles. The summed E-state index contributed by atoms with van der Waals surface area (Å²) in [5.74, 6) is -0.216. The molecule has 146 valence electrons. The summed E-state index contributed by atoms with van der Waals surface area (Å²) in [6.07, 6.45) is 0.518. The maximum Gasteiger partial charge on any atom is 0.387 e. The van der Waals surface area contributed by atoms with Gasteiger partial charge in [0.15, 0.2) is 0 Å². The Kier molecular flexibility index (Phi) is 7.68. The van der Waals surface area contributed by atoms with E-state index in [1.807, 2.05) is 0 Å². The first kappa shape index (κ1) is 20.8. The molecular weight excluding hydrogens is 378 g/mol. The van der Waals surface area contributed by atoms with Crippen LogP contribution in [0.15, 0.2) is 59.5 Å². The lowest BCUT2D eigenvalue weighted by Crippen LogP contribution is -2.31. The molecule has 0 unspecified atom stereocenters. The molecule has 0 saturated carbocycles. The average molecular weight is 398 g/mol. The normalized spacial score (nSPS) is 11.4. The minimum atomic E-state index is -3.63. The quantitative estimate of drug-likeness (QED) is 0.643. The van der Waals surface area contributed by atoms with Crippen LogP contribution in [-0.2, 0) is 21.2 Å². The molecule has 2 aromatic rings. The van der Waals surface area contributed by atoms with Gasteiger partial charge >= 0.3 is 6.61 Å². The Morgan fingerprint density at radius 1 is 1.00 bits per heavy atom. The molecule has 9 heteroatoms. The summed E-state index contributed by atoms with van der Waals surface area (Å²) in [6.45, 7) is -2.53. The third-order valence-corrected chi connectivity index (χ3v) is 5.06. The van der Waals surface area contributed by atoms with Crippen LogP contribution >= 0.6 is 0 Å². The van der Waals surface area contributed by atoms with Crippen molar-refractivity contribution in [3.63, 3.8) is 0 Å². The molecular formula is C18H20F2N2O4S. The van der Waals surface area contributed by atoms with Crippen molar-refractivity contribution < 1.29 is 26.7 Å². The summed E-state index contributed by atoms with van der Waals surface area (Å²) in [7, 11) is -3.63. The molecule has 0 bridgehead atoms. The van der Waals surface area contributed by atoms with Crippen molar-refractivity contribution in [3.05, 3.63) is 60.2 Å². The topological polar surface area (TPSA) is 84.5 Å². The number of benzene rings is 2. The van der Waals surface area contributed by atoms with Gasteiger partial charge in [0.25, 0.3) is 0 Å². The number of rotatable bonds is 10. The van der Waals surface area contributed by atoms with Crippen LogP contribution in [0.25, 0.3) is 0 Å². The maximum absolute atomic E-state index is 12.1. The second-order valence-corrected chi connectivity index (χ2v) is 7.35. The van der Waals surface area contributed by atoms with Crippen molar-refractivity contribution in [1.82, 2.24) is 10.0 Å². The second-order valence-electron chi connectivity index (χ2n) is 5.58. The molecule has 0 fully saturated rings. The fourth-order valence-corrected chi connectivity index (χ4v) is 3.31. The van der Waals surface area contributed by atoms with E-state index in [4.69, 9.17) is 0 Å². The van der Waals surface area contributed by atoms with E-state index in [-0.39, 0.29) is 29.5 Å². The number of hydrogen-bond acceptors (Lipinski definition) is 4. The molecule has 0 atom stereocenters. The zero-order valence-electron chi connectivity index (χ0n) is 14.4. The summed E-state index contributed by atoms with van der Waals surface area (Å²) >= 11 is 0. The highest BCUT2D eigenvalue weighted by Crippen LogP contribution is 2.15. The number of amides is 1. The largest absolute Gasteiger partial charge is 0.435 e. The van der Waals surface area contributed by atoms with Crippen LogP contribution in [0.1, 0.15) is 12.0 Å². The molecule has 0 heterocycles. The first-order chi connectivity index (χ1) is 12.9. The van der Waals surface area contributed by atoms with Gasteiger partial charge in [-0.25, -0.2) is 13.1 Å². The number of ether oxygens (including phenoxy) is 1. The highest BCUT2D eigenvalue weighted by Gasteiger charge is 2.13. The molecule has 0 aliphatic rings. The average Bonchev–Trinajstić information content (AvgIpc) is 2.63. The van der Waals surface area contributed by atoms with Crippen molar-refractivity contribution >= 4 is 15.9 Å². The Hall–Kier alpha value is -2.52. The van der Waals surface area contributed by atoms with Gasteiger partial charge in [-0.1, -0.05) is 30.3 Å². The summed E-state index contributed by atoms with van der Waals surface area (Å²) < 4.78 is 54.8. The van der Waals surface area contributed by atoms with Gasteiger partial charge in [-0.15, -0.1) is 0 Å². The standard InChI is InChI=1S/C18H20F2N2O4S/c19-18(20)26-15-8-6-14(7-9-15)10-12-21-17(23)11-13-22-27(24,25)16-4-2-1-3-5-16/h1-9,18,22H,10-13H2,(H,21,23). The van der Waals surface area contributed by atoms with Crippen LogP contribution in [-0.4, -0.2) is 34.0 Å². The van der Waals surface area contributed by atoms with Crippen LogP contribution in [0.4, 0.5) is 8.78 Å². The van der Waals surface area contributed by atoms with Gasteiger partial charge in [0.05, 0.1) is 4.90 Å². The molecule has 0 radical (unpaired) electrons. The zero-order valence-corrected chi connectivity index (χ0v) is 15.2. The summed E-state index contributed by atoms with van der Waals surface area (Å²) in [5.41, 5.74) is 0.849. The van der Waals surface area contributed by atoms with Crippen molar-refractivity contribution in [2.45, 2.75) is 24.3 Å². The van der Waals surface area contributed by atoms with E-state index in [0.717, 1.165) is 5.56 Å². The molecule has 2 N–H and O–H groups in total. The third kappa shape index (κ3) is 7.32. The summed E-state index contributed by atoms with van der Waals surface area (Å²) in [6, 6.07) is 14.0. The van der Waals surface area contributed by atoms with E-state index in [2.05, 4.69) is 14.8 Å². The van der Waals surface area contributed by atoms with E-state index in [1.54, 1.807) is 30.3 Å². The Morgan fingerprint density at radius 2 is 1.67 bits per heavy atom. The lowest BCUT2D eigenvalue weighted by molar-refractivity contribution is -0.120. The first-order valence-corrected chi connectivity index (χ1v) is 9.70. The first-order valence-electron chi connectivity index (χ1n) is 8.22. The van der Waals surface area contributed by atoms with E-state index in [9.17, 15) is 22.0 Å². The Balaban J connectivity index is 1.68. The van der Waals surface area contributed by atoms with Gasteiger partial charge in [0.1, 0.15) is 5.75 Å². The number of halogens is 2. The zero-order chi connectivity index (χ0) is 19.7. The fraction of sp³-hybridized carbons (Fsp3) is 0.278. The lowest BCUT2D eigenvalue weighted by atomic mass is 10.1. The molecule has 27 heavy (non-hydrogen) atoms. The predicted molar refractivity (Wildman–Crippen MR) is 96.0 cm³/mol. The van der Waals surface area contributed by atoms with Gasteiger partial charge < -0.3 is 10.1 Å². The number of sulfonamides is 1. The van der Waals surface area contributed by atoms with Gasteiger partial charge in [-0.05, 0) is 36.2 Å². The molecule has 1 amide bonds. The summed E-state index contributed by atoms with van der Waals surface area (Å²) in [4.78, 5) is 11.9. The van der Waals surface area contributed by atoms with Crippen LogP contribution in [0.2, 0.25) is 0 Å². The predicted octanol–water partition coefficient (Wildman–Crippen LogP) is 2.32. The van der Waals surface area contributed by atoms with Crippen molar-refractivity contribution in [2.24, 2.45) is 0 Å². The van der Waals surface area contributed by atoms with Crippen LogP contribution < -0.4 is 14.8 Å². The Labute approximate surface area is 156 Å². The number of hydrogen-bond donors (Lipinski definition) is 2.